The molecule has 6 heteroatoms. The van der Waals surface area contributed by atoms with Gasteiger partial charge in [-0.1, -0.05) is 32.7 Å². The van der Waals surface area contributed by atoms with Gasteiger partial charge in [-0.05, 0) is 55.3 Å². The van der Waals surface area contributed by atoms with E-state index >= 15 is 0 Å². The molecular formula is C17H17BrClNO3. The van der Waals surface area contributed by atoms with Gasteiger partial charge in [0.15, 0.2) is 0 Å². The van der Waals surface area contributed by atoms with Gasteiger partial charge in [0.25, 0.3) is 0 Å². The fourth-order valence-corrected chi connectivity index (χ4v) is 2.60. The Labute approximate surface area is 148 Å². The number of hydrogen-bond donors (Lipinski definition) is 1. The summed E-state index contributed by atoms with van der Waals surface area (Å²) in [5.41, 5.74) is 2.65. The number of halogens is 2. The number of hydrogen-bond acceptors (Lipinski definition) is 4. The average Bonchev–Trinajstić information content (AvgIpc) is 2.51. The van der Waals surface area contributed by atoms with Crippen LogP contribution >= 0.6 is 27.5 Å². The maximum atomic E-state index is 8.69. The summed E-state index contributed by atoms with van der Waals surface area (Å²) in [6.07, 6.45) is 1.33. The molecule has 0 spiro atoms. The number of rotatable bonds is 6. The van der Waals surface area contributed by atoms with Crippen LogP contribution in [0.5, 0.6) is 11.5 Å². The van der Waals surface area contributed by atoms with Crippen molar-refractivity contribution in [3.63, 3.8) is 0 Å². The molecule has 0 atom stereocenters. The zero-order chi connectivity index (χ0) is 16.8. The Hall–Kier alpha value is -1.72. The summed E-state index contributed by atoms with van der Waals surface area (Å²) < 4.78 is 12.2. The van der Waals surface area contributed by atoms with E-state index in [4.69, 9.17) is 26.3 Å². The summed E-state index contributed by atoms with van der Waals surface area (Å²) in [6.45, 7) is 4.66. The van der Waals surface area contributed by atoms with Crippen LogP contribution in [0.4, 0.5) is 0 Å². The molecule has 0 fully saturated rings. The van der Waals surface area contributed by atoms with Crippen molar-refractivity contribution >= 4 is 33.7 Å². The minimum Gasteiger partial charge on any atom is -0.490 e. The predicted molar refractivity (Wildman–Crippen MR) is 95.4 cm³/mol. The van der Waals surface area contributed by atoms with Crippen LogP contribution in [0, 0.1) is 13.8 Å². The lowest BCUT2D eigenvalue weighted by Gasteiger charge is -2.12. The van der Waals surface area contributed by atoms with Gasteiger partial charge in [0.2, 0.25) is 0 Å². The fraction of sp³-hybridized carbons (Fsp3) is 0.235. The van der Waals surface area contributed by atoms with Gasteiger partial charge in [-0.2, -0.15) is 0 Å². The van der Waals surface area contributed by atoms with Crippen LogP contribution in [0.15, 0.2) is 40.0 Å². The maximum absolute atomic E-state index is 8.69. The smallest absolute Gasteiger partial charge is 0.128 e. The Bertz CT molecular complexity index is 696. The molecule has 0 aliphatic rings. The number of nitrogens with zero attached hydrogens (tertiary/aromatic N) is 1. The quantitative estimate of drug-likeness (QED) is 0.323. The van der Waals surface area contributed by atoms with E-state index in [2.05, 4.69) is 21.1 Å². The zero-order valence-electron chi connectivity index (χ0n) is 12.8. The molecule has 0 aliphatic carbocycles. The van der Waals surface area contributed by atoms with Crippen molar-refractivity contribution in [2.24, 2.45) is 5.16 Å². The Morgan fingerprint density at radius 2 is 1.78 bits per heavy atom. The van der Waals surface area contributed by atoms with Crippen LogP contribution in [0.2, 0.25) is 5.02 Å². The summed E-state index contributed by atoms with van der Waals surface area (Å²) in [6, 6.07) is 9.27. The summed E-state index contributed by atoms with van der Waals surface area (Å²) in [7, 11) is 0. The van der Waals surface area contributed by atoms with Crippen LogP contribution in [-0.4, -0.2) is 24.6 Å². The first-order valence-corrected chi connectivity index (χ1v) is 8.17. The minimum atomic E-state index is 0.370. The van der Waals surface area contributed by atoms with Gasteiger partial charge in [0.05, 0.1) is 6.21 Å². The summed E-state index contributed by atoms with van der Waals surface area (Å²) in [4.78, 5) is 0. The zero-order valence-corrected chi connectivity index (χ0v) is 15.2. The molecule has 2 aromatic carbocycles. The number of oxime groups is 1. The minimum absolute atomic E-state index is 0.370. The van der Waals surface area contributed by atoms with Gasteiger partial charge in [-0.3, -0.25) is 0 Å². The van der Waals surface area contributed by atoms with Crippen LogP contribution < -0.4 is 9.47 Å². The Morgan fingerprint density at radius 1 is 1.13 bits per heavy atom. The molecule has 0 radical (unpaired) electrons. The van der Waals surface area contributed by atoms with Gasteiger partial charge in [-0.15, -0.1) is 0 Å². The monoisotopic (exact) mass is 397 g/mol. The molecule has 0 saturated carbocycles. The summed E-state index contributed by atoms with van der Waals surface area (Å²) >= 11 is 9.50. The third-order valence-corrected chi connectivity index (χ3v) is 4.28. The van der Waals surface area contributed by atoms with E-state index < -0.39 is 0 Å². The molecule has 0 aliphatic heterocycles. The largest absolute Gasteiger partial charge is 0.490 e. The first-order valence-electron chi connectivity index (χ1n) is 7.00. The Kier molecular flexibility index (Phi) is 6.30. The van der Waals surface area contributed by atoms with Gasteiger partial charge in [-0.25, -0.2) is 0 Å². The fourth-order valence-electron chi connectivity index (χ4n) is 2.11. The molecule has 0 unspecified atom stereocenters. The molecule has 0 bridgehead atoms. The summed E-state index contributed by atoms with van der Waals surface area (Å²) in [5, 5.41) is 12.5. The molecule has 0 aromatic heterocycles. The predicted octanol–water partition coefficient (Wildman–Crippen LogP) is 4.99. The SMILES string of the molecule is Cc1cc(OCCOc2ccc(Br)cc2C=NO)cc(C)c1Cl. The summed E-state index contributed by atoms with van der Waals surface area (Å²) in [5.74, 6) is 1.39. The Balaban J connectivity index is 1.93. The van der Waals surface area contributed by atoms with Crippen LogP contribution in [0.3, 0.4) is 0 Å². The molecule has 0 saturated heterocycles. The lowest BCUT2D eigenvalue weighted by molar-refractivity contribution is 0.216. The van der Waals surface area contributed by atoms with Crippen molar-refractivity contribution in [3.05, 3.63) is 56.5 Å². The highest BCUT2D eigenvalue weighted by atomic mass is 79.9. The second-order valence-electron chi connectivity index (χ2n) is 4.99. The van der Waals surface area contributed by atoms with E-state index in [0.29, 0.717) is 24.5 Å². The third kappa shape index (κ3) is 4.88. The Morgan fingerprint density at radius 3 is 2.43 bits per heavy atom. The van der Waals surface area contributed by atoms with Crippen molar-refractivity contribution in [1.29, 1.82) is 0 Å². The molecule has 122 valence electrons. The average molecular weight is 399 g/mol. The molecule has 0 amide bonds. The van der Waals surface area contributed by atoms with Crippen LogP contribution in [-0.2, 0) is 0 Å². The van der Waals surface area contributed by atoms with E-state index in [9.17, 15) is 0 Å². The van der Waals surface area contributed by atoms with Crippen LogP contribution in [0.25, 0.3) is 0 Å². The molecule has 2 rings (SSSR count). The van der Waals surface area contributed by atoms with Crippen molar-refractivity contribution in [2.75, 3.05) is 13.2 Å². The van der Waals surface area contributed by atoms with Gasteiger partial charge < -0.3 is 14.7 Å². The van der Waals surface area contributed by atoms with Crippen molar-refractivity contribution in [3.8, 4) is 11.5 Å². The number of ether oxygens (including phenoxy) is 2. The van der Waals surface area contributed by atoms with Gasteiger partial charge in [0, 0.05) is 15.1 Å². The highest BCUT2D eigenvalue weighted by Gasteiger charge is 2.05. The van der Waals surface area contributed by atoms with E-state index in [1.165, 1.54) is 6.21 Å². The van der Waals surface area contributed by atoms with Gasteiger partial charge >= 0.3 is 0 Å². The highest BCUT2D eigenvalue weighted by Crippen LogP contribution is 2.26. The standard InChI is InChI=1S/C17H17BrClNO3/c1-11-7-15(8-12(2)17(11)19)22-5-6-23-16-4-3-14(18)9-13(16)10-20-21/h3-4,7-10,21H,5-6H2,1-2H3. The second-order valence-corrected chi connectivity index (χ2v) is 6.29. The molecule has 1 N–H and O–H groups in total. The normalized spacial score (nSPS) is 11.0. The number of benzene rings is 2. The van der Waals surface area contributed by atoms with Gasteiger partial charge in [0.1, 0.15) is 24.7 Å². The van der Waals surface area contributed by atoms with Crippen molar-refractivity contribution < 1.29 is 14.7 Å². The number of aryl methyl sites for hydroxylation is 2. The van der Waals surface area contributed by atoms with Crippen LogP contribution in [0.1, 0.15) is 16.7 Å². The van der Waals surface area contributed by atoms with E-state index in [-0.39, 0.29) is 0 Å². The third-order valence-electron chi connectivity index (χ3n) is 3.19. The topological polar surface area (TPSA) is 51.0 Å². The second kappa shape index (κ2) is 8.22. The first-order chi connectivity index (χ1) is 11.0. The lowest BCUT2D eigenvalue weighted by Crippen LogP contribution is -2.10. The van der Waals surface area contributed by atoms with E-state index in [0.717, 1.165) is 26.4 Å². The maximum Gasteiger partial charge on any atom is 0.128 e. The van der Waals surface area contributed by atoms with E-state index in [1.54, 1.807) is 6.07 Å². The molecule has 4 nitrogen and oxygen atoms in total. The van der Waals surface area contributed by atoms with Crippen molar-refractivity contribution in [2.45, 2.75) is 13.8 Å². The molecule has 23 heavy (non-hydrogen) atoms. The molecular weight excluding hydrogens is 382 g/mol. The molecule has 0 heterocycles. The molecule has 2 aromatic rings. The lowest BCUT2D eigenvalue weighted by atomic mass is 10.1. The highest BCUT2D eigenvalue weighted by molar-refractivity contribution is 9.10. The van der Waals surface area contributed by atoms with Crippen molar-refractivity contribution in [1.82, 2.24) is 0 Å². The first kappa shape index (κ1) is 17.6. The van der Waals surface area contributed by atoms with E-state index in [1.807, 2.05) is 38.1 Å².